The van der Waals surface area contributed by atoms with Crippen LogP contribution in [-0.2, 0) is 14.6 Å². The van der Waals surface area contributed by atoms with Crippen molar-refractivity contribution in [1.82, 2.24) is 9.97 Å². The number of sulfone groups is 1. The Morgan fingerprint density at radius 3 is 2.68 bits per heavy atom. The third-order valence-electron chi connectivity index (χ3n) is 3.62. The molecule has 8 heteroatoms. The molecular formula is C17H14FN3O3S. The number of rotatable bonds is 4. The molecule has 0 atom stereocenters. The molecular weight excluding hydrogens is 345 g/mol. The number of hydrogen-bond donors (Lipinski definition) is 2. The van der Waals surface area contributed by atoms with E-state index in [4.69, 9.17) is 5.73 Å². The van der Waals surface area contributed by atoms with Crippen molar-refractivity contribution < 1.29 is 17.6 Å². The number of primary amides is 1. The molecule has 0 bridgehead atoms. The van der Waals surface area contributed by atoms with Crippen LogP contribution in [0, 0.1) is 5.82 Å². The molecule has 0 radical (unpaired) electrons. The summed E-state index contributed by atoms with van der Waals surface area (Å²) in [4.78, 5) is 18.0. The zero-order chi connectivity index (χ0) is 18.2. The maximum absolute atomic E-state index is 13.8. The van der Waals surface area contributed by atoms with Crippen LogP contribution in [-0.4, -0.2) is 30.5 Å². The summed E-state index contributed by atoms with van der Waals surface area (Å²) in [5.74, 6) is -1.23. The van der Waals surface area contributed by atoms with Crippen molar-refractivity contribution >= 4 is 32.9 Å². The van der Waals surface area contributed by atoms with Crippen LogP contribution in [0.5, 0.6) is 0 Å². The number of aromatic nitrogens is 2. The third kappa shape index (κ3) is 3.58. The van der Waals surface area contributed by atoms with Gasteiger partial charge in [0.15, 0.2) is 9.84 Å². The molecule has 0 aliphatic heterocycles. The summed E-state index contributed by atoms with van der Waals surface area (Å²) in [5, 5.41) is 0.695. The first-order chi connectivity index (χ1) is 11.7. The Morgan fingerprint density at radius 2 is 2.00 bits per heavy atom. The van der Waals surface area contributed by atoms with Gasteiger partial charge in [-0.05, 0) is 35.9 Å². The molecule has 25 heavy (non-hydrogen) atoms. The number of H-pyrrole nitrogens is 1. The number of carbonyl (C=O) groups excluding carboxylic acids is 1. The zero-order valence-electron chi connectivity index (χ0n) is 13.2. The smallest absolute Gasteiger partial charge is 0.241 e. The third-order valence-corrected chi connectivity index (χ3v) is 4.72. The number of nitrogens with one attached hydrogen (secondary N) is 1. The fourth-order valence-corrected chi connectivity index (χ4v) is 3.10. The van der Waals surface area contributed by atoms with E-state index in [9.17, 15) is 17.6 Å². The summed E-state index contributed by atoms with van der Waals surface area (Å²) in [6.07, 6.45) is 6.96. The first-order valence-corrected chi connectivity index (χ1v) is 9.09. The Balaban J connectivity index is 2.15. The summed E-state index contributed by atoms with van der Waals surface area (Å²) in [7, 11) is -3.54. The van der Waals surface area contributed by atoms with Gasteiger partial charge in [-0.15, -0.1) is 0 Å². The summed E-state index contributed by atoms with van der Waals surface area (Å²) >= 11 is 0. The van der Waals surface area contributed by atoms with Crippen LogP contribution >= 0.6 is 0 Å². The van der Waals surface area contributed by atoms with Gasteiger partial charge in [0, 0.05) is 41.2 Å². The van der Waals surface area contributed by atoms with Crippen LogP contribution in [0.3, 0.4) is 0 Å². The van der Waals surface area contributed by atoms with Gasteiger partial charge in [0.25, 0.3) is 0 Å². The Kier molecular flexibility index (Phi) is 4.13. The molecule has 128 valence electrons. The molecule has 3 aromatic rings. The van der Waals surface area contributed by atoms with Gasteiger partial charge in [-0.3, -0.25) is 4.79 Å². The molecule has 2 heterocycles. The molecule has 3 N–H and O–H groups in total. The number of aromatic amines is 1. The minimum atomic E-state index is -3.54. The monoisotopic (exact) mass is 359 g/mol. The van der Waals surface area contributed by atoms with Gasteiger partial charge in [0.1, 0.15) is 11.5 Å². The lowest BCUT2D eigenvalue weighted by atomic mass is 10.1. The van der Waals surface area contributed by atoms with E-state index >= 15 is 0 Å². The quantitative estimate of drug-likeness (QED) is 0.697. The van der Waals surface area contributed by atoms with E-state index in [-0.39, 0.29) is 4.90 Å². The standard InChI is InChI=1S/C17H14FN3O3S/c1-25(23,24)14-5-11(4-13(18)7-14)12-6-15-10(2-3-16(19)22)8-20-17(15)21-9-12/h2-9H,1H3,(H2,19,22)(H,20,21). The number of amides is 1. The fourth-order valence-electron chi connectivity index (χ4n) is 2.43. The molecule has 0 saturated carbocycles. The van der Waals surface area contributed by atoms with Gasteiger partial charge in [0.2, 0.25) is 5.91 Å². The lowest BCUT2D eigenvalue weighted by molar-refractivity contribution is -0.113. The minimum absolute atomic E-state index is 0.106. The Labute approximate surface area is 143 Å². The highest BCUT2D eigenvalue weighted by molar-refractivity contribution is 7.90. The summed E-state index contributed by atoms with van der Waals surface area (Å²) in [5.41, 5.74) is 7.29. The minimum Gasteiger partial charge on any atom is -0.366 e. The molecule has 0 fully saturated rings. The molecule has 1 amide bonds. The lowest BCUT2D eigenvalue weighted by Gasteiger charge is -2.06. The Morgan fingerprint density at radius 1 is 1.24 bits per heavy atom. The van der Waals surface area contributed by atoms with Crippen LogP contribution in [0.2, 0.25) is 0 Å². The van der Waals surface area contributed by atoms with Crippen molar-refractivity contribution in [3.63, 3.8) is 0 Å². The van der Waals surface area contributed by atoms with Gasteiger partial charge >= 0.3 is 0 Å². The number of benzene rings is 1. The van der Waals surface area contributed by atoms with Crippen molar-refractivity contribution in [2.75, 3.05) is 6.26 Å². The van der Waals surface area contributed by atoms with E-state index < -0.39 is 21.6 Å². The number of carbonyl (C=O) groups is 1. The van der Waals surface area contributed by atoms with Crippen LogP contribution in [0.4, 0.5) is 4.39 Å². The zero-order valence-corrected chi connectivity index (χ0v) is 14.0. The molecule has 6 nitrogen and oxygen atoms in total. The predicted octanol–water partition coefficient (Wildman–Crippen LogP) is 2.27. The van der Waals surface area contributed by atoms with Crippen molar-refractivity contribution in [3.8, 4) is 11.1 Å². The van der Waals surface area contributed by atoms with E-state index in [0.29, 0.717) is 27.7 Å². The van der Waals surface area contributed by atoms with Crippen molar-refractivity contribution in [2.24, 2.45) is 5.73 Å². The van der Waals surface area contributed by atoms with E-state index in [0.717, 1.165) is 12.3 Å². The maximum atomic E-state index is 13.8. The van der Waals surface area contributed by atoms with Gasteiger partial charge in [-0.1, -0.05) is 0 Å². The number of fused-ring (bicyclic) bond motifs is 1. The second kappa shape index (κ2) is 6.14. The topological polar surface area (TPSA) is 106 Å². The number of halogens is 1. The van der Waals surface area contributed by atoms with Gasteiger partial charge in [0.05, 0.1) is 4.90 Å². The van der Waals surface area contributed by atoms with Crippen molar-refractivity contribution in [1.29, 1.82) is 0 Å². The second-order valence-corrected chi connectivity index (χ2v) is 7.56. The average Bonchev–Trinajstić information content (AvgIpc) is 2.93. The van der Waals surface area contributed by atoms with E-state index in [1.807, 2.05) is 0 Å². The maximum Gasteiger partial charge on any atom is 0.241 e. The highest BCUT2D eigenvalue weighted by atomic mass is 32.2. The first kappa shape index (κ1) is 16.8. The number of pyridine rings is 1. The largest absolute Gasteiger partial charge is 0.366 e. The van der Waals surface area contributed by atoms with Crippen LogP contribution < -0.4 is 5.73 Å². The lowest BCUT2D eigenvalue weighted by Crippen LogP contribution is -2.04. The van der Waals surface area contributed by atoms with Gasteiger partial charge in [-0.2, -0.15) is 0 Å². The average molecular weight is 359 g/mol. The molecule has 0 saturated heterocycles. The number of hydrogen-bond acceptors (Lipinski definition) is 4. The molecule has 3 rings (SSSR count). The van der Waals surface area contributed by atoms with E-state index in [1.54, 1.807) is 18.3 Å². The second-order valence-electron chi connectivity index (χ2n) is 5.55. The summed E-state index contributed by atoms with van der Waals surface area (Å²) in [6.45, 7) is 0. The molecule has 0 spiro atoms. The Bertz CT molecular complexity index is 1120. The summed E-state index contributed by atoms with van der Waals surface area (Å²) in [6, 6.07) is 5.35. The van der Waals surface area contributed by atoms with Crippen LogP contribution in [0.25, 0.3) is 28.2 Å². The van der Waals surface area contributed by atoms with Gasteiger partial charge < -0.3 is 10.7 Å². The van der Waals surface area contributed by atoms with Crippen LogP contribution in [0.1, 0.15) is 5.56 Å². The van der Waals surface area contributed by atoms with Gasteiger partial charge in [-0.25, -0.2) is 17.8 Å². The molecule has 0 aliphatic carbocycles. The highest BCUT2D eigenvalue weighted by Gasteiger charge is 2.13. The normalized spacial score (nSPS) is 12.1. The van der Waals surface area contributed by atoms with Crippen molar-refractivity contribution in [2.45, 2.75) is 4.90 Å². The fraction of sp³-hybridized carbons (Fsp3) is 0.0588. The highest BCUT2D eigenvalue weighted by Crippen LogP contribution is 2.28. The molecule has 0 unspecified atom stereocenters. The molecule has 0 aliphatic rings. The number of nitrogens with two attached hydrogens (primary N) is 1. The summed E-state index contributed by atoms with van der Waals surface area (Å²) < 4.78 is 37.2. The predicted molar refractivity (Wildman–Crippen MR) is 92.8 cm³/mol. The van der Waals surface area contributed by atoms with Crippen LogP contribution in [0.15, 0.2) is 47.6 Å². The molecule has 1 aromatic carbocycles. The first-order valence-electron chi connectivity index (χ1n) is 7.20. The van der Waals surface area contributed by atoms with E-state index in [1.165, 1.54) is 24.4 Å². The van der Waals surface area contributed by atoms with Crippen molar-refractivity contribution in [3.05, 3.63) is 54.1 Å². The Hall–Kier alpha value is -3.00. The number of nitrogens with zero attached hydrogens (tertiary/aromatic N) is 1. The SMILES string of the molecule is CS(=O)(=O)c1cc(F)cc(-c2cnc3[nH]cc(C=CC(N)=O)c3c2)c1. The van der Waals surface area contributed by atoms with E-state index in [2.05, 4.69) is 9.97 Å². The molecule has 2 aromatic heterocycles.